The Bertz CT molecular complexity index is 915. The summed E-state index contributed by atoms with van der Waals surface area (Å²) in [6.07, 6.45) is 15.8. The van der Waals surface area contributed by atoms with E-state index in [2.05, 4.69) is 49.6 Å². The molecule has 1 aromatic rings. The van der Waals surface area contributed by atoms with Crippen molar-refractivity contribution in [2.75, 3.05) is 19.3 Å². The number of ether oxygens (including phenoxy) is 1. The second-order valence-electron chi connectivity index (χ2n) is 10.1. The Morgan fingerprint density at radius 1 is 1.32 bits per heavy atom. The van der Waals surface area contributed by atoms with Crippen molar-refractivity contribution in [1.29, 1.82) is 0 Å². The Morgan fingerprint density at radius 2 is 2.06 bits per heavy atom. The van der Waals surface area contributed by atoms with Gasteiger partial charge in [0, 0.05) is 19.1 Å². The number of carbonyl (C=O) groups excluding carboxylic acids is 1. The van der Waals surface area contributed by atoms with Gasteiger partial charge < -0.3 is 15.2 Å². The van der Waals surface area contributed by atoms with E-state index in [0.717, 1.165) is 70.0 Å². The third-order valence-corrected chi connectivity index (χ3v) is 7.73. The number of phenolic OH excluding ortho intramolecular Hbond substituents is 1. The van der Waals surface area contributed by atoms with Crippen LogP contribution in [0, 0.1) is 0 Å². The largest absolute Gasteiger partial charge is 0.506 e. The van der Waals surface area contributed by atoms with Crippen molar-refractivity contribution >= 4 is 23.9 Å². The minimum atomic E-state index is -0.429. The van der Waals surface area contributed by atoms with Crippen LogP contribution in [0.5, 0.6) is 11.5 Å². The van der Waals surface area contributed by atoms with Gasteiger partial charge >= 0.3 is 0 Å². The molecule has 2 heterocycles. The quantitative estimate of drug-likeness (QED) is 0.224. The number of allylic oxidation sites excluding steroid dienone is 2. The average Bonchev–Trinajstić information content (AvgIpc) is 2.79. The van der Waals surface area contributed by atoms with E-state index in [0.29, 0.717) is 16.9 Å². The number of hydrogen-bond acceptors (Lipinski definition) is 5. The van der Waals surface area contributed by atoms with Gasteiger partial charge in [0.15, 0.2) is 0 Å². The molecule has 2 aliphatic rings. The van der Waals surface area contributed by atoms with Gasteiger partial charge in [0.05, 0.1) is 11.1 Å². The highest BCUT2D eigenvalue weighted by Crippen LogP contribution is 2.42. The molecule has 1 aromatic carbocycles. The lowest BCUT2D eigenvalue weighted by molar-refractivity contribution is 0.0920. The molecule has 1 atom stereocenters. The molecule has 0 spiro atoms. The Kier molecular flexibility index (Phi) is 9.55. The number of aryl methyl sites for hydroxylation is 1. The third kappa shape index (κ3) is 6.82. The van der Waals surface area contributed by atoms with Crippen LogP contribution >= 0.6 is 11.9 Å². The van der Waals surface area contributed by atoms with Crippen LogP contribution < -0.4 is 10.1 Å². The summed E-state index contributed by atoms with van der Waals surface area (Å²) in [5.74, 6) is 0.557. The molecule has 0 saturated carbocycles. The van der Waals surface area contributed by atoms with Crippen LogP contribution in [0.4, 0.5) is 0 Å². The number of carbonyl (C=O) groups is 1. The average molecular weight is 487 g/mol. The molecule has 0 aliphatic carbocycles. The van der Waals surface area contributed by atoms with Crippen molar-refractivity contribution in [3.8, 4) is 11.5 Å². The number of amides is 1. The van der Waals surface area contributed by atoms with E-state index < -0.39 is 5.60 Å². The fraction of sp³-hybridized carbons (Fsp3) is 0.607. The second kappa shape index (κ2) is 12.2. The van der Waals surface area contributed by atoms with Gasteiger partial charge in [-0.1, -0.05) is 43.4 Å². The summed E-state index contributed by atoms with van der Waals surface area (Å²) < 4.78 is 8.75. The van der Waals surface area contributed by atoms with Crippen molar-refractivity contribution < 1.29 is 14.6 Å². The van der Waals surface area contributed by atoms with Crippen LogP contribution in [-0.2, 0) is 6.42 Å². The maximum atomic E-state index is 13.4. The molecule has 1 fully saturated rings. The van der Waals surface area contributed by atoms with E-state index in [4.69, 9.17) is 4.74 Å². The normalized spacial score (nSPS) is 20.5. The van der Waals surface area contributed by atoms with Gasteiger partial charge in [0.25, 0.3) is 5.91 Å². The molecule has 3 rings (SSSR count). The summed E-state index contributed by atoms with van der Waals surface area (Å²) in [4.78, 5) is 13.4. The fourth-order valence-electron chi connectivity index (χ4n) is 4.74. The van der Waals surface area contributed by atoms with Crippen molar-refractivity contribution in [1.82, 2.24) is 9.62 Å². The van der Waals surface area contributed by atoms with E-state index in [1.165, 1.54) is 5.57 Å². The van der Waals surface area contributed by atoms with Gasteiger partial charge in [-0.2, -0.15) is 0 Å². The van der Waals surface area contributed by atoms with E-state index in [1.807, 2.05) is 18.2 Å². The first-order chi connectivity index (χ1) is 16.3. The molecule has 1 unspecified atom stereocenters. The molecule has 5 nitrogen and oxygen atoms in total. The van der Waals surface area contributed by atoms with E-state index in [9.17, 15) is 9.90 Å². The van der Waals surface area contributed by atoms with Gasteiger partial charge in [0.1, 0.15) is 17.1 Å². The first-order valence-electron chi connectivity index (χ1n) is 12.8. The molecule has 188 valence electrons. The highest BCUT2D eigenvalue weighted by Gasteiger charge is 2.32. The molecule has 2 aliphatic heterocycles. The van der Waals surface area contributed by atoms with Crippen molar-refractivity contribution in [3.63, 3.8) is 0 Å². The highest BCUT2D eigenvalue weighted by atomic mass is 32.2. The number of fused-ring (bicyclic) bond motifs is 1. The van der Waals surface area contributed by atoms with Crippen LogP contribution in [0.1, 0.15) is 94.1 Å². The lowest BCUT2D eigenvalue weighted by Crippen LogP contribution is -2.43. The topological polar surface area (TPSA) is 61.8 Å². The monoisotopic (exact) mass is 486 g/mol. The predicted molar refractivity (Wildman–Crippen MR) is 144 cm³/mol. The molecule has 0 radical (unpaired) electrons. The first kappa shape index (κ1) is 26.7. The number of aromatic hydroxyl groups is 1. The van der Waals surface area contributed by atoms with Crippen LogP contribution in [0.3, 0.4) is 0 Å². The SMILES string of the molecule is CCCCCc1cc2c(c(O)c1C(=O)NC1CCN(SC)CC1)C=CC(C)(CCC=C(C)C)O2. The van der Waals surface area contributed by atoms with Gasteiger partial charge in [-0.15, -0.1) is 0 Å². The summed E-state index contributed by atoms with van der Waals surface area (Å²) in [5, 5.41) is 14.5. The van der Waals surface area contributed by atoms with Crippen molar-refractivity contribution in [3.05, 3.63) is 40.5 Å². The van der Waals surface area contributed by atoms with Crippen molar-refractivity contribution in [2.45, 2.75) is 90.7 Å². The van der Waals surface area contributed by atoms with E-state index >= 15 is 0 Å². The summed E-state index contributed by atoms with van der Waals surface area (Å²) in [5.41, 5.74) is 2.78. The number of phenols is 1. The van der Waals surface area contributed by atoms with Crippen molar-refractivity contribution in [2.24, 2.45) is 0 Å². The summed E-state index contributed by atoms with van der Waals surface area (Å²) in [6, 6.07) is 2.14. The Balaban J connectivity index is 1.84. The van der Waals surface area contributed by atoms with Crippen LogP contribution in [0.15, 0.2) is 23.8 Å². The van der Waals surface area contributed by atoms with Gasteiger partial charge in [0.2, 0.25) is 0 Å². The Labute approximate surface area is 210 Å². The van der Waals surface area contributed by atoms with E-state index in [1.54, 1.807) is 11.9 Å². The maximum Gasteiger partial charge on any atom is 0.255 e. The summed E-state index contributed by atoms with van der Waals surface area (Å²) in [6.45, 7) is 10.4. The number of nitrogens with zero attached hydrogens (tertiary/aromatic N) is 1. The zero-order valence-electron chi connectivity index (χ0n) is 21.6. The standard InChI is InChI=1S/C28H42N2O3S/c1-6-7-8-11-21-19-24-23(12-16-28(4,33-24)15-9-10-20(2)3)26(31)25(21)27(32)29-22-13-17-30(34-5)18-14-22/h10,12,16,19,22,31H,6-9,11,13-15,17-18H2,1-5H3,(H,29,32). The lowest BCUT2D eigenvalue weighted by atomic mass is 9.90. The summed E-state index contributed by atoms with van der Waals surface area (Å²) >= 11 is 1.76. The number of nitrogens with one attached hydrogen (secondary N) is 1. The molecule has 1 saturated heterocycles. The molecular weight excluding hydrogens is 444 g/mol. The molecular formula is C28H42N2O3S. The number of rotatable bonds is 10. The lowest BCUT2D eigenvalue weighted by Gasteiger charge is -2.33. The molecule has 34 heavy (non-hydrogen) atoms. The Hall–Kier alpha value is -1.92. The van der Waals surface area contributed by atoms with Gasteiger partial charge in [-0.3, -0.25) is 9.10 Å². The van der Waals surface area contributed by atoms with Crippen LogP contribution in [0.25, 0.3) is 6.08 Å². The first-order valence-corrected chi connectivity index (χ1v) is 13.9. The second-order valence-corrected chi connectivity index (χ2v) is 10.9. The minimum absolute atomic E-state index is 0.0469. The highest BCUT2D eigenvalue weighted by molar-refractivity contribution is 7.96. The molecule has 0 bridgehead atoms. The number of piperidine rings is 1. The Morgan fingerprint density at radius 3 is 2.71 bits per heavy atom. The zero-order chi connectivity index (χ0) is 24.7. The molecule has 0 aromatic heterocycles. The smallest absolute Gasteiger partial charge is 0.255 e. The fourth-order valence-corrected chi connectivity index (χ4v) is 5.32. The molecule has 1 amide bonds. The number of hydrogen-bond donors (Lipinski definition) is 2. The number of benzene rings is 1. The van der Waals surface area contributed by atoms with Gasteiger partial charge in [-0.05, 0) is 89.3 Å². The third-order valence-electron chi connectivity index (χ3n) is 6.85. The zero-order valence-corrected chi connectivity index (χ0v) is 22.4. The minimum Gasteiger partial charge on any atom is -0.506 e. The molecule has 6 heteroatoms. The maximum absolute atomic E-state index is 13.4. The number of unbranched alkanes of at least 4 members (excludes halogenated alkanes) is 2. The molecule has 2 N–H and O–H groups in total. The van der Waals surface area contributed by atoms with Crippen LogP contribution in [-0.4, -0.2) is 46.3 Å². The van der Waals surface area contributed by atoms with Crippen LogP contribution in [0.2, 0.25) is 0 Å². The summed E-state index contributed by atoms with van der Waals surface area (Å²) in [7, 11) is 0. The predicted octanol–water partition coefficient (Wildman–Crippen LogP) is 6.51. The van der Waals surface area contributed by atoms with Gasteiger partial charge in [-0.25, -0.2) is 0 Å². The van der Waals surface area contributed by atoms with E-state index in [-0.39, 0.29) is 17.7 Å².